The maximum absolute atomic E-state index is 13.4. The van der Waals surface area contributed by atoms with Gasteiger partial charge >= 0.3 is 0 Å². The zero-order chi connectivity index (χ0) is 20.8. The summed E-state index contributed by atoms with van der Waals surface area (Å²) in [4.78, 5) is 2.56. The average molecular weight is 414 g/mol. The van der Waals surface area contributed by atoms with Crippen LogP contribution in [0.3, 0.4) is 0 Å². The summed E-state index contributed by atoms with van der Waals surface area (Å²) in [5.74, 6) is 2.89. The summed E-state index contributed by atoms with van der Waals surface area (Å²) < 4.78 is 30.9. The minimum absolute atomic E-state index is 0.181. The molecule has 0 amide bonds. The molecule has 30 heavy (non-hydrogen) atoms. The summed E-state index contributed by atoms with van der Waals surface area (Å²) in [6.45, 7) is 7.27. The maximum Gasteiger partial charge on any atom is 0.165 e. The third-order valence-corrected chi connectivity index (χ3v) is 6.17. The first-order valence-electron chi connectivity index (χ1n) is 11.2. The lowest BCUT2D eigenvalue weighted by Gasteiger charge is -2.39. The van der Waals surface area contributed by atoms with Gasteiger partial charge < -0.3 is 19.1 Å². The molecule has 2 aliphatic rings. The van der Waals surface area contributed by atoms with Crippen LogP contribution in [-0.2, 0) is 0 Å². The number of nitrogens with zero attached hydrogens (tertiary/aromatic N) is 1. The van der Waals surface area contributed by atoms with E-state index < -0.39 is 0 Å². The fourth-order valence-electron chi connectivity index (χ4n) is 4.53. The van der Waals surface area contributed by atoms with Crippen molar-refractivity contribution in [3.63, 3.8) is 0 Å². The van der Waals surface area contributed by atoms with E-state index >= 15 is 0 Å². The number of hydrogen-bond acceptors (Lipinski definition) is 4. The Morgan fingerprint density at radius 1 is 1.03 bits per heavy atom. The van der Waals surface area contributed by atoms with Crippen LogP contribution in [-0.4, -0.2) is 44.4 Å². The van der Waals surface area contributed by atoms with Gasteiger partial charge in [-0.25, -0.2) is 4.39 Å². The van der Waals surface area contributed by atoms with Gasteiger partial charge in [0.1, 0.15) is 24.8 Å². The van der Waals surface area contributed by atoms with E-state index in [1.807, 2.05) is 30.3 Å². The van der Waals surface area contributed by atoms with Crippen molar-refractivity contribution < 1.29 is 18.6 Å². The molecular weight excluding hydrogens is 381 g/mol. The molecule has 0 N–H and O–H groups in total. The van der Waals surface area contributed by atoms with Crippen LogP contribution in [0.25, 0.3) is 0 Å². The second-order valence-corrected chi connectivity index (χ2v) is 8.33. The number of benzene rings is 2. The first kappa shape index (κ1) is 21.0. The van der Waals surface area contributed by atoms with Gasteiger partial charge in [-0.1, -0.05) is 31.9 Å². The number of likely N-dealkylation sites (tertiary alicyclic amines) is 1. The van der Waals surface area contributed by atoms with Crippen LogP contribution in [0.1, 0.15) is 44.1 Å². The van der Waals surface area contributed by atoms with Gasteiger partial charge in [0.2, 0.25) is 0 Å². The third kappa shape index (κ3) is 5.25. The van der Waals surface area contributed by atoms with Gasteiger partial charge in [-0.3, -0.25) is 0 Å². The molecule has 0 saturated carbocycles. The number of unbranched alkanes of at least 4 members (excludes halogenated alkanes) is 2. The predicted octanol–water partition coefficient (Wildman–Crippen LogP) is 5.27. The first-order valence-corrected chi connectivity index (χ1v) is 11.2. The molecule has 0 unspecified atom stereocenters. The molecule has 0 bridgehead atoms. The number of rotatable bonds is 8. The molecule has 0 aromatic heterocycles. The highest BCUT2D eigenvalue weighted by molar-refractivity contribution is 5.46. The van der Waals surface area contributed by atoms with Crippen molar-refractivity contribution in [2.45, 2.75) is 38.5 Å². The van der Waals surface area contributed by atoms with Gasteiger partial charge in [-0.05, 0) is 61.7 Å². The van der Waals surface area contributed by atoms with Crippen LogP contribution in [0.15, 0.2) is 42.5 Å². The Labute approximate surface area is 178 Å². The normalized spacial score (nSPS) is 21.4. The molecule has 4 nitrogen and oxygen atoms in total. The highest BCUT2D eigenvalue weighted by atomic mass is 19.1. The number of fused-ring (bicyclic) bond motifs is 1. The van der Waals surface area contributed by atoms with Crippen LogP contribution < -0.4 is 14.2 Å². The molecule has 0 radical (unpaired) electrons. The Morgan fingerprint density at radius 3 is 2.63 bits per heavy atom. The van der Waals surface area contributed by atoms with Gasteiger partial charge in [-0.2, -0.15) is 0 Å². The molecule has 2 aliphatic heterocycles. The minimum Gasteiger partial charge on any atom is -0.493 e. The van der Waals surface area contributed by atoms with E-state index in [0.717, 1.165) is 43.3 Å². The van der Waals surface area contributed by atoms with Crippen LogP contribution >= 0.6 is 0 Å². The van der Waals surface area contributed by atoms with E-state index in [4.69, 9.17) is 14.2 Å². The molecule has 2 aromatic rings. The van der Waals surface area contributed by atoms with Crippen molar-refractivity contribution in [1.29, 1.82) is 0 Å². The molecule has 0 spiro atoms. The Bertz CT molecular complexity index is 811. The van der Waals surface area contributed by atoms with E-state index in [9.17, 15) is 4.39 Å². The Morgan fingerprint density at radius 2 is 1.83 bits per heavy atom. The van der Waals surface area contributed by atoms with Crippen molar-refractivity contribution in [1.82, 2.24) is 4.90 Å². The van der Waals surface area contributed by atoms with E-state index in [2.05, 4.69) is 11.8 Å². The molecule has 2 atom stereocenters. The second-order valence-electron chi connectivity index (χ2n) is 8.33. The van der Waals surface area contributed by atoms with E-state index in [1.165, 1.54) is 24.8 Å². The molecule has 2 aromatic carbocycles. The second kappa shape index (κ2) is 10.2. The van der Waals surface area contributed by atoms with Gasteiger partial charge in [0, 0.05) is 18.5 Å². The quantitative estimate of drug-likeness (QED) is 0.552. The summed E-state index contributed by atoms with van der Waals surface area (Å²) in [6.07, 6.45) is 4.83. The monoisotopic (exact) mass is 413 g/mol. The van der Waals surface area contributed by atoms with Crippen molar-refractivity contribution in [2.24, 2.45) is 5.92 Å². The lowest BCUT2D eigenvalue weighted by molar-refractivity contribution is 0.109. The van der Waals surface area contributed by atoms with Crippen LogP contribution in [0, 0.1) is 11.7 Å². The smallest absolute Gasteiger partial charge is 0.165 e. The van der Waals surface area contributed by atoms with Crippen LogP contribution in [0.5, 0.6) is 17.2 Å². The predicted molar refractivity (Wildman–Crippen MR) is 116 cm³/mol. The van der Waals surface area contributed by atoms with Crippen molar-refractivity contribution in [3.8, 4) is 17.2 Å². The van der Waals surface area contributed by atoms with Gasteiger partial charge in [0.25, 0.3) is 0 Å². The number of ether oxygens (including phenoxy) is 3. The van der Waals surface area contributed by atoms with Gasteiger partial charge in [-0.15, -0.1) is 0 Å². The molecular formula is C25H32FNO3. The third-order valence-electron chi connectivity index (χ3n) is 6.17. The molecule has 4 rings (SSSR count). The Kier molecular flexibility index (Phi) is 7.11. The molecule has 1 saturated heterocycles. The van der Waals surface area contributed by atoms with Crippen molar-refractivity contribution in [3.05, 3.63) is 53.8 Å². The standard InChI is InChI=1S/C25H32FNO3/c1-2-3-4-12-27-13-11-23(19-5-7-21(26)8-6-19)20(17-27)18-30-22-9-10-24-25(16-22)29-15-14-28-24/h5-10,16,20,23H,2-4,11-15,17-18H2,1H3/t20-,23-/m0/s1. The molecule has 5 heteroatoms. The molecule has 2 heterocycles. The number of hydrogen-bond donors (Lipinski definition) is 0. The largest absolute Gasteiger partial charge is 0.493 e. The lowest BCUT2D eigenvalue weighted by Crippen LogP contribution is -2.42. The van der Waals surface area contributed by atoms with Crippen LogP contribution in [0.2, 0.25) is 0 Å². The van der Waals surface area contributed by atoms with Gasteiger partial charge in [0.15, 0.2) is 11.5 Å². The average Bonchev–Trinajstić information content (AvgIpc) is 2.78. The molecule has 162 valence electrons. The Balaban J connectivity index is 1.44. The zero-order valence-electron chi connectivity index (χ0n) is 17.8. The topological polar surface area (TPSA) is 30.9 Å². The van der Waals surface area contributed by atoms with Crippen LogP contribution in [0.4, 0.5) is 4.39 Å². The van der Waals surface area contributed by atoms with E-state index in [0.29, 0.717) is 31.7 Å². The highest BCUT2D eigenvalue weighted by Crippen LogP contribution is 2.36. The summed E-state index contributed by atoms with van der Waals surface area (Å²) in [5, 5.41) is 0. The highest BCUT2D eigenvalue weighted by Gasteiger charge is 2.31. The van der Waals surface area contributed by atoms with Gasteiger partial charge in [0.05, 0.1) is 6.61 Å². The Hall–Kier alpha value is -2.27. The summed E-state index contributed by atoms with van der Waals surface area (Å²) in [7, 11) is 0. The number of halogens is 1. The SMILES string of the molecule is CCCCCN1CC[C@@H](c2ccc(F)cc2)[C@H](COc2ccc3c(c2)OCCO3)C1. The maximum atomic E-state index is 13.4. The number of piperidine rings is 1. The fourth-order valence-corrected chi connectivity index (χ4v) is 4.53. The fraction of sp³-hybridized carbons (Fsp3) is 0.520. The van der Waals surface area contributed by atoms with Crippen molar-refractivity contribution >= 4 is 0 Å². The summed E-state index contributed by atoms with van der Waals surface area (Å²) >= 11 is 0. The first-order chi connectivity index (χ1) is 14.7. The van der Waals surface area contributed by atoms with Crippen molar-refractivity contribution in [2.75, 3.05) is 39.5 Å². The van der Waals surface area contributed by atoms with E-state index in [-0.39, 0.29) is 5.82 Å². The summed E-state index contributed by atoms with van der Waals surface area (Å²) in [5.41, 5.74) is 1.21. The minimum atomic E-state index is -0.181. The van der Waals surface area contributed by atoms with E-state index in [1.54, 1.807) is 12.1 Å². The molecule has 1 fully saturated rings. The lowest BCUT2D eigenvalue weighted by atomic mass is 9.80. The molecule has 0 aliphatic carbocycles. The summed E-state index contributed by atoms with van der Waals surface area (Å²) in [6, 6.07) is 12.8. The zero-order valence-corrected chi connectivity index (χ0v) is 17.8.